The fraction of sp³-hybridized carbons (Fsp3) is 0.133. The van der Waals surface area contributed by atoms with Gasteiger partial charge in [0.15, 0.2) is 0 Å². The van der Waals surface area contributed by atoms with E-state index in [-0.39, 0.29) is 16.9 Å². The van der Waals surface area contributed by atoms with Crippen LogP contribution < -0.4 is 5.32 Å². The predicted octanol–water partition coefficient (Wildman–Crippen LogP) is 3.53. The number of hydrogen-bond donors (Lipinski definition) is 1. The third-order valence-electron chi connectivity index (χ3n) is 2.76. The number of nitrogens with zero attached hydrogens (tertiary/aromatic N) is 2. The lowest BCUT2D eigenvalue weighted by Gasteiger charge is -2.10. The molecule has 112 valence electrons. The van der Waals surface area contributed by atoms with E-state index in [1.807, 2.05) is 6.07 Å². The highest BCUT2D eigenvalue weighted by atomic mass is 19.4. The number of carbonyl (C=O) groups is 1. The van der Waals surface area contributed by atoms with Gasteiger partial charge in [-0.25, -0.2) is 4.98 Å². The Balaban J connectivity index is 2.26. The number of aromatic nitrogens is 1. The summed E-state index contributed by atoms with van der Waals surface area (Å²) < 4.78 is 37.9. The molecule has 0 bridgehead atoms. The van der Waals surface area contributed by atoms with Gasteiger partial charge in [0, 0.05) is 11.4 Å². The summed E-state index contributed by atoms with van der Waals surface area (Å²) in [5.74, 6) is -0.681. The first-order chi connectivity index (χ1) is 10.3. The lowest BCUT2D eigenvalue weighted by Crippen LogP contribution is -2.15. The lowest BCUT2D eigenvalue weighted by atomic mass is 10.1. The smallest absolute Gasteiger partial charge is 0.321 e. The zero-order chi connectivity index (χ0) is 16.3. The molecule has 1 aromatic heterocycles. The largest absolute Gasteiger partial charge is 0.416 e. The molecule has 1 amide bonds. The zero-order valence-electron chi connectivity index (χ0n) is 11.4. The van der Waals surface area contributed by atoms with E-state index >= 15 is 0 Å². The van der Waals surface area contributed by atoms with Gasteiger partial charge in [0.25, 0.3) is 5.91 Å². The first-order valence-electron chi connectivity index (χ1n) is 6.17. The third kappa shape index (κ3) is 3.61. The number of nitriles is 1. The number of carbonyl (C=O) groups excluding carboxylic acids is 1. The molecule has 4 nitrogen and oxygen atoms in total. The summed E-state index contributed by atoms with van der Waals surface area (Å²) in [5.41, 5.74) is -0.175. The quantitative estimate of drug-likeness (QED) is 0.923. The molecule has 22 heavy (non-hydrogen) atoms. The molecule has 0 spiro atoms. The summed E-state index contributed by atoms with van der Waals surface area (Å²) in [6.45, 7) is 1.61. The second kappa shape index (κ2) is 5.85. The highest BCUT2D eigenvalue weighted by Gasteiger charge is 2.30. The van der Waals surface area contributed by atoms with E-state index in [9.17, 15) is 18.0 Å². The molecule has 0 saturated heterocycles. The average molecular weight is 305 g/mol. The van der Waals surface area contributed by atoms with Crippen LogP contribution in [0.1, 0.15) is 27.3 Å². The summed E-state index contributed by atoms with van der Waals surface area (Å²) in [6.07, 6.45) is -4.49. The van der Waals surface area contributed by atoms with Crippen molar-refractivity contribution in [3.63, 3.8) is 0 Å². The van der Waals surface area contributed by atoms with Gasteiger partial charge < -0.3 is 5.32 Å². The summed E-state index contributed by atoms with van der Waals surface area (Å²) in [6, 6.07) is 8.94. The number of pyridine rings is 1. The van der Waals surface area contributed by atoms with Gasteiger partial charge >= 0.3 is 6.18 Å². The molecule has 0 unspecified atom stereocenters. The molecule has 0 aliphatic heterocycles. The lowest BCUT2D eigenvalue weighted by molar-refractivity contribution is -0.137. The normalized spacial score (nSPS) is 10.9. The average Bonchev–Trinajstić information content (AvgIpc) is 2.46. The molecule has 0 atom stereocenters. The molecule has 0 radical (unpaired) electrons. The van der Waals surface area contributed by atoms with Crippen LogP contribution in [0.25, 0.3) is 0 Å². The number of halogens is 3. The van der Waals surface area contributed by atoms with Crippen molar-refractivity contribution in [2.75, 3.05) is 5.32 Å². The number of anilines is 1. The van der Waals surface area contributed by atoms with Crippen molar-refractivity contribution < 1.29 is 18.0 Å². The highest BCUT2D eigenvalue weighted by Crippen LogP contribution is 2.30. The number of benzene rings is 1. The Morgan fingerprint density at radius 3 is 2.64 bits per heavy atom. The molecular weight excluding hydrogens is 295 g/mol. The van der Waals surface area contributed by atoms with Crippen molar-refractivity contribution in [1.29, 1.82) is 5.26 Å². The Kier molecular flexibility index (Phi) is 4.13. The second-order valence-corrected chi connectivity index (χ2v) is 4.53. The molecule has 0 saturated carbocycles. The van der Waals surface area contributed by atoms with Gasteiger partial charge in [-0.15, -0.1) is 0 Å². The van der Waals surface area contributed by atoms with Crippen LogP contribution >= 0.6 is 0 Å². The van der Waals surface area contributed by atoms with Gasteiger partial charge in [0.05, 0.1) is 17.2 Å². The van der Waals surface area contributed by atoms with Crippen molar-refractivity contribution in [3.8, 4) is 6.07 Å². The van der Waals surface area contributed by atoms with Gasteiger partial charge in [-0.1, -0.05) is 6.07 Å². The van der Waals surface area contributed by atoms with Crippen LogP contribution in [0.15, 0.2) is 36.4 Å². The summed E-state index contributed by atoms with van der Waals surface area (Å²) >= 11 is 0. The van der Waals surface area contributed by atoms with Crippen LogP contribution in [-0.4, -0.2) is 10.9 Å². The van der Waals surface area contributed by atoms with Crippen LogP contribution in [0.4, 0.5) is 18.9 Å². The van der Waals surface area contributed by atoms with E-state index in [2.05, 4.69) is 10.3 Å². The van der Waals surface area contributed by atoms with E-state index in [4.69, 9.17) is 5.26 Å². The maximum atomic E-state index is 12.6. The van der Waals surface area contributed by atoms with Crippen molar-refractivity contribution in [1.82, 2.24) is 4.98 Å². The number of rotatable bonds is 2. The van der Waals surface area contributed by atoms with Crippen LogP contribution in [0, 0.1) is 18.3 Å². The standard InChI is InChI=1S/C15H10F3N3O/c1-9-5-10(8-19)6-13(20-9)14(22)21-12-4-2-3-11(7-12)15(16,17)18/h2-7H,1H3,(H,21,22). The Bertz CT molecular complexity index is 763. The molecule has 2 rings (SSSR count). The fourth-order valence-electron chi connectivity index (χ4n) is 1.82. The van der Waals surface area contributed by atoms with Crippen LogP contribution in [0.3, 0.4) is 0 Å². The van der Waals surface area contributed by atoms with Crippen molar-refractivity contribution >= 4 is 11.6 Å². The first-order valence-corrected chi connectivity index (χ1v) is 6.17. The van der Waals surface area contributed by atoms with Gasteiger partial charge in [0.2, 0.25) is 0 Å². The van der Waals surface area contributed by atoms with Crippen LogP contribution in [0.2, 0.25) is 0 Å². The highest BCUT2D eigenvalue weighted by molar-refractivity contribution is 6.03. The Morgan fingerprint density at radius 2 is 2.00 bits per heavy atom. The zero-order valence-corrected chi connectivity index (χ0v) is 11.4. The molecule has 1 heterocycles. The van der Waals surface area contributed by atoms with Crippen molar-refractivity contribution in [2.24, 2.45) is 0 Å². The van der Waals surface area contributed by atoms with E-state index in [1.165, 1.54) is 24.3 Å². The monoisotopic (exact) mass is 305 g/mol. The van der Waals surface area contributed by atoms with E-state index in [0.717, 1.165) is 12.1 Å². The number of alkyl halides is 3. The van der Waals surface area contributed by atoms with Crippen LogP contribution in [-0.2, 0) is 6.18 Å². The van der Waals surface area contributed by atoms with Crippen molar-refractivity contribution in [2.45, 2.75) is 13.1 Å². The number of hydrogen-bond acceptors (Lipinski definition) is 3. The molecular formula is C15H10F3N3O. The van der Waals surface area contributed by atoms with Crippen LogP contribution in [0.5, 0.6) is 0 Å². The molecule has 0 fully saturated rings. The van der Waals surface area contributed by atoms with Gasteiger partial charge in [0.1, 0.15) is 5.69 Å². The molecule has 0 aliphatic rings. The number of nitrogens with one attached hydrogen (secondary N) is 1. The Hall–Kier alpha value is -2.88. The van der Waals surface area contributed by atoms with Gasteiger partial charge in [-0.05, 0) is 37.3 Å². The second-order valence-electron chi connectivity index (χ2n) is 4.53. The molecule has 1 N–H and O–H groups in total. The number of aryl methyl sites for hydroxylation is 1. The predicted molar refractivity (Wildman–Crippen MR) is 73.1 cm³/mol. The summed E-state index contributed by atoms with van der Waals surface area (Å²) in [4.78, 5) is 16.0. The Labute approximate surface area is 124 Å². The maximum absolute atomic E-state index is 12.6. The SMILES string of the molecule is Cc1cc(C#N)cc(C(=O)Nc2cccc(C(F)(F)F)c2)n1. The molecule has 7 heteroatoms. The number of amides is 1. The fourth-order valence-corrected chi connectivity index (χ4v) is 1.82. The molecule has 2 aromatic rings. The maximum Gasteiger partial charge on any atom is 0.416 e. The minimum Gasteiger partial charge on any atom is -0.321 e. The minimum absolute atomic E-state index is 0.00152. The van der Waals surface area contributed by atoms with Crippen molar-refractivity contribution in [3.05, 3.63) is 58.9 Å². The van der Waals surface area contributed by atoms with Gasteiger partial charge in [-0.2, -0.15) is 18.4 Å². The molecule has 0 aliphatic carbocycles. The first kappa shape index (κ1) is 15.5. The minimum atomic E-state index is -4.49. The summed E-state index contributed by atoms with van der Waals surface area (Å²) in [5, 5.41) is 11.2. The summed E-state index contributed by atoms with van der Waals surface area (Å²) in [7, 11) is 0. The van der Waals surface area contributed by atoms with Gasteiger partial charge in [-0.3, -0.25) is 4.79 Å². The molecule has 1 aromatic carbocycles. The Morgan fingerprint density at radius 1 is 1.27 bits per heavy atom. The third-order valence-corrected chi connectivity index (χ3v) is 2.76. The van der Waals surface area contributed by atoms with E-state index in [1.54, 1.807) is 6.92 Å². The van der Waals surface area contributed by atoms with E-state index < -0.39 is 17.6 Å². The topological polar surface area (TPSA) is 65.8 Å². The van der Waals surface area contributed by atoms with E-state index in [0.29, 0.717) is 5.69 Å².